The van der Waals surface area contributed by atoms with Crippen molar-refractivity contribution in [2.75, 3.05) is 7.11 Å². The monoisotopic (exact) mass is 210 g/mol. The van der Waals surface area contributed by atoms with E-state index >= 15 is 0 Å². The van der Waals surface area contributed by atoms with Crippen molar-refractivity contribution in [2.45, 2.75) is 26.2 Å². The maximum absolute atomic E-state index is 13.6. The van der Waals surface area contributed by atoms with Gasteiger partial charge in [0.2, 0.25) is 0 Å². The molecule has 0 saturated heterocycles. The van der Waals surface area contributed by atoms with Gasteiger partial charge in [-0.05, 0) is 30.5 Å². The molecule has 1 aromatic rings. The third-order valence-corrected chi connectivity index (χ3v) is 2.34. The summed E-state index contributed by atoms with van der Waals surface area (Å²) in [7, 11) is 1.53. The summed E-state index contributed by atoms with van der Waals surface area (Å²) in [6.45, 7) is 1.88. The number of rotatable bonds is 5. The van der Waals surface area contributed by atoms with E-state index in [2.05, 4.69) is 0 Å². The Bertz CT molecular complexity index is 348. The molecule has 0 unspecified atom stereocenters. The van der Waals surface area contributed by atoms with E-state index in [1.165, 1.54) is 13.2 Å². The predicted octanol–water partition coefficient (Wildman–Crippen LogP) is 2.53. The molecule has 1 aromatic carbocycles. The van der Waals surface area contributed by atoms with Crippen LogP contribution in [-0.4, -0.2) is 13.4 Å². The van der Waals surface area contributed by atoms with Gasteiger partial charge in [0.25, 0.3) is 0 Å². The molecule has 0 heterocycles. The van der Waals surface area contributed by atoms with Gasteiger partial charge in [-0.3, -0.25) is 0 Å². The first-order chi connectivity index (χ1) is 7.22. The van der Waals surface area contributed by atoms with Crippen LogP contribution in [0.1, 0.15) is 24.5 Å². The highest BCUT2D eigenvalue weighted by Gasteiger charge is 2.09. The summed E-state index contributed by atoms with van der Waals surface area (Å²) in [5, 5.41) is 0. The minimum absolute atomic E-state index is 0.252. The van der Waals surface area contributed by atoms with Crippen molar-refractivity contribution in [3.05, 3.63) is 29.1 Å². The average molecular weight is 210 g/mol. The maximum atomic E-state index is 13.6. The van der Waals surface area contributed by atoms with Gasteiger partial charge in [-0.2, -0.15) is 0 Å². The fourth-order valence-corrected chi connectivity index (χ4v) is 1.56. The van der Waals surface area contributed by atoms with Crippen LogP contribution >= 0.6 is 0 Å². The second-order valence-corrected chi connectivity index (χ2v) is 3.32. The average Bonchev–Trinajstić information content (AvgIpc) is 2.25. The quantitative estimate of drug-likeness (QED) is 0.698. The molecule has 0 aliphatic rings. The first-order valence-electron chi connectivity index (χ1n) is 5.01. The molecule has 2 nitrogen and oxygen atoms in total. The van der Waals surface area contributed by atoms with E-state index < -0.39 is 0 Å². The van der Waals surface area contributed by atoms with E-state index in [4.69, 9.17) is 4.74 Å². The topological polar surface area (TPSA) is 26.3 Å². The number of hydrogen-bond donors (Lipinski definition) is 0. The molecular weight excluding hydrogens is 195 g/mol. The highest BCUT2D eigenvalue weighted by atomic mass is 19.1. The van der Waals surface area contributed by atoms with E-state index in [-0.39, 0.29) is 5.82 Å². The molecule has 3 heteroatoms. The molecule has 0 N–H and O–H groups in total. The molecule has 82 valence electrons. The van der Waals surface area contributed by atoms with Gasteiger partial charge in [0.05, 0.1) is 7.11 Å². The fraction of sp³-hybridized carbons (Fsp3) is 0.417. The van der Waals surface area contributed by atoms with Crippen LogP contribution < -0.4 is 4.74 Å². The zero-order chi connectivity index (χ0) is 11.3. The van der Waals surface area contributed by atoms with Crippen LogP contribution in [0.5, 0.6) is 5.75 Å². The lowest BCUT2D eigenvalue weighted by Gasteiger charge is -2.10. The summed E-state index contributed by atoms with van der Waals surface area (Å²) in [6, 6.07) is 3.27. The van der Waals surface area contributed by atoms with Crippen molar-refractivity contribution in [1.82, 2.24) is 0 Å². The minimum atomic E-state index is -0.252. The van der Waals surface area contributed by atoms with Crippen molar-refractivity contribution in [3.8, 4) is 5.75 Å². The molecule has 0 bridgehead atoms. The smallest absolute Gasteiger partial charge is 0.130 e. The van der Waals surface area contributed by atoms with Crippen molar-refractivity contribution in [1.29, 1.82) is 0 Å². The van der Waals surface area contributed by atoms with Gasteiger partial charge in [-0.15, -0.1) is 0 Å². The SMILES string of the molecule is CCc1c(F)cc(CCC=O)cc1OC. The zero-order valence-electron chi connectivity index (χ0n) is 9.05. The number of methoxy groups -OCH3 is 1. The van der Waals surface area contributed by atoms with Crippen LogP contribution in [0, 0.1) is 5.82 Å². The number of benzene rings is 1. The van der Waals surface area contributed by atoms with Crippen LogP contribution in [-0.2, 0) is 17.6 Å². The molecule has 0 spiro atoms. The van der Waals surface area contributed by atoms with Gasteiger partial charge >= 0.3 is 0 Å². The van der Waals surface area contributed by atoms with E-state index in [0.29, 0.717) is 30.6 Å². The number of halogens is 1. The number of carbonyl (C=O) groups excluding carboxylic acids is 1. The van der Waals surface area contributed by atoms with E-state index in [1.807, 2.05) is 6.92 Å². The van der Waals surface area contributed by atoms with E-state index in [1.54, 1.807) is 6.07 Å². The number of aryl methyl sites for hydroxylation is 1. The van der Waals surface area contributed by atoms with Gasteiger partial charge in [0, 0.05) is 12.0 Å². The Kier molecular flexibility index (Phi) is 4.28. The molecule has 0 radical (unpaired) electrons. The Morgan fingerprint density at radius 1 is 1.47 bits per heavy atom. The zero-order valence-corrected chi connectivity index (χ0v) is 9.05. The fourth-order valence-electron chi connectivity index (χ4n) is 1.56. The number of aldehydes is 1. The summed E-state index contributed by atoms with van der Waals surface area (Å²) in [6.07, 6.45) is 2.40. The molecule has 0 fully saturated rings. The lowest BCUT2D eigenvalue weighted by molar-refractivity contribution is -0.107. The molecule has 15 heavy (non-hydrogen) atoms. The molecule has 0 aliphatic carbocycles. The maximum Gasteiger partial charge on any atom is 0.130 e. The summed E-state index contributed by atoms with van der Waals surface area (Å²) in [5.41, 5.74) is 1.39. The van der Waals surface area contributed by atoms with E-state index in [0.717, 1.165) is 11.8 Å². The Hall–Kier alpha value is -1.38. The Morgan fingerprint density at radius 2 is 2.20 bits per heavy atom. The second kappa shape index (κ2) is 5.49. The Balaban J connectivity index is 3.02. The normalized spacial score (nSPS) is 10.1. The molecule has 0 amide bonds. The largest absolute Gasteiger partial charge is 0.496 e. The highest BCUT2D eigenvalue weighted by molar-refractivity contribution is 5.50. The van der Waals surface area contributed by atoms with Gasteiger partial charge in [-0.1, -0.05) is 6.92 Å². The van der Waals surface area contributed by atoms with Crippen molar-refractivity contribution < 1.29 is 13.9 Å². The predicted molar refractivity (Wildman–Crippen MR) is 56.7 cm³/mol. The lowest BCUT2D eigenvalue weighted by atomic mass is 10.0. The third kappa shape index (κ3) is 2.78. The molecule has 1 rings (SSSR count). The Labute approximate surface area is 89.1 Å². The summed E-state index contributed by atoms with van der Waals surface area (Å²) in [4.78, 5) is 10.2. The molecule has 0 atom stereocenters. The molecular formula is C12H15FO2. The standard InChI is InChI=1S/C12H15FO2/c1-3-10-11(13)7-9(5-4-6-14)8-12(10)15-2/h6-8H,3-5H2,1-2H3. The van der Waals surface area contributed by atoms with Gasteiger partial charge in [-0.25, -0.2) is 4.39 Å². The lowest BCUT2D eigenvalue weighted by Crippen LogP contribution is -1.98. The first kappa shape index (κ1) is 11.7. The van der Waals surface area contributed by atoms with Gasteiger partial charge in [0.15, 0.2) is 0 Å². The molecule has 0 aliphatic heterocycles. The first-order valence-corrected chi connectivity index (χ1v) is 5.01. The van der Waals surface area contributed by atoms with Crippen molar-refractivity contribution >= 4 is 6.29 Å². The van der Waals surface area contributed by atoms with Gasteiger partial charge in [0.1, 0.15) is 17.9 Å². The van der Waals surface area contributed by atoms with Crippen molar-refractivity contribution in [2.24, 2.45) is 0 Å². The van der Waals surface area contributed by atoms with Crippen molar-refractivity contribution in [3.63, 3.8) is 0 Å². The minimum Gasteiger partial charge on any atom is -0.496 e. The Morgan fingerprint density at radius 3 is 2.73 bits per heavy atom. The van der Waals surface area contributed by atoms with Crippen LogP contribution in [0.2, 0.25) is 0 Å². The van der Waals surface area contributed by atoms with Gasteiger partial charge < -0.3 is 9.53 Å². The second-order valence-electron chi connectivity index (χ2n) is 3.32. The van der Waals surface area contributed by atoms with Crippen LogP contribution in [0.3, 0.4) is 0 Å². The number of ether oxygens (including phenoxy) is 1. The highest BCUT2D eigenvalue weighted by Crippen LogP contribution is 2.24. The van der Waals surface area contributed by atoms with Crippen LogP contribution in [0.15, 0.2) is 12.1 Å². The summed E-state index contributed by atoms with van der Waals surface area (Å²) in [5.74, 6) is 0.316. The van der Waals surface area contributed by atoms with Crippen LogP contribution in [0.25, 0.3) is 0 Å². The number of hydrogen-bond acceptors (Lipinski definition) is 2. The summed E-state index contributed by atoms with van der Waals surface area (Å²) >= 11 is 0. The molecule has 0 saturated carbocycles. The third-order valence-electron chi connectivity index (χ3n) is 2.34. The van der Waals surface area contributed by atoms with Crippen LogP contribution in [0.4, 0.5) is 4.39 Å². The molecule has 0 aromatic heterocycles. The van der Waals surface area contributed by atoms with E-state index in [9.17, 15) is 9.18 Å². The number of carbonyl (C=O) groups is 1. The summed E-state index contributed by atoms with van der Waals surface area (Å²) < 4.78 is 18.7.